The van der Waals surface area contributed by atoms with E-state index in [4.69, 9.17) is 9.84 Å². The monoisotopic (exact) mass is 276 g/mol. The van der Waals surface area contributed by atoms with E-state index < -0.39 is 5.97 Å². The fourth-order valence-electron chi connectivity index (χ4n) is 2.14. The molecule has 1 N–H and O–H groups in total. The van der Waals surface area contributed by atoms with Gasteiger partial charge in [-0.05, 0) is 49.0 Å². The Balaban J connectivity index is 2.59. The van der Waals surface area contributed by atoms with E-state index in [1.807, 2.05) is 12.1 Å². The Morgan fingerprint density at radius 2 is 1.90 bits per heavy atom. The van der Waals surface area contributed by atoms with E-state index in [9.17, 15) is 4.79 Å². The zero-order valence-corrected chi connectivity index (χ0v) is 12.4. The van der Waals surface area contributed by atoms with Crippen LogP contribution in [0.4, 0.5) is 0 Å². The Bertz CT molecular complexity index is 432. The molecular formula is C17H24O3. The van der Waals surface area contributed by atoms with Gasteiger partial charge in [-0.2, -0.15) is 0 Å². The highest BCUT2D eigenvalue weighted by atomic mass is 16.5. The molecule has 0 aliphatic heterocycles. The molecule has 0 radical (unpaired) electrons. The van der Waals surface area contributed by atoms with Crippen molar-refractivity contribution in [3.05, 3.63) is 35.9 Å². The molecule has 0 aliphatic rings. The Morgan fingerprint density at radius 1 is 1.20 bits per heavy atom. The number of benzene rings is 1. The fraction of sp³-hybridized carbons (Fsp3) is 0.471. The van der Waals surface area contributed by atoms with E-state index in [1.54, 1.807) is 7.11 Å². The van der Waals surface area contributed by atoms with E-state index in [0.717, 1.165) is 37.9 Å². The standard InChI is InChI=1S/C17H24O3/c1-3-7-14(8-5-4-6-9-17(18)19)15-10-12-16(20-2)13-11-15/h8,10-13H,3-7,9H2,1-2H3,(H,18,19). The summed E-state index contributed by atoms with van der Waals surface area (Å²) in [6, 6.07) is 8.11. The molecule has 1 aromatic rings. The molecule has 3 heteroatoms. The lowest BCUT2D eigenvalue weighted by atomic mass is 9.99. The summed E-state index contributed by atoms with van der Waals surface area (Å²) in [5.74, 6) is 0.156. The van der Waals surface area contributed by atoms with Gasteiger partial charge in [-0.3, -0.25) is 4.79 Å². The molecule has 0 spiro atoms. The number of allylic oxidation sites excluding steroid dienone is 2. The lowest BCUT2D eigenvalue weighted by Crippen LogP contribution is -1.93. The third-order valence-corrected chi connectivity index (χ3v) is 3.22. The summed E-state index contributed by atoms with van der Waals surface area (Å²) in [7, 11) is 1.67. The molecule has 0 amide bonds. The van der Waals surface area contributed by atoms with Gasteiger partial charge in [-0.25, -0.2) is 0 Å². The first-order chi connectivity index (χ1) is 9.67. The third kappa shape index (κ3) is 5.91. The number of hydrogen-bond acceptors (Lipinski definition) is 2. The van der Waals surface area contributed by atoms with Gasteiger partial charge in [0.1, 0.15) is 5.75 Å². The predicted octanol–water partition coefficient (Wildman–Crippen LogP) is 4.52. The maximum Gasteiger partial charge on any atom is 0.303 e. The SMILES string of the molecule is CCCC(=CCCCCC(=O)O)c1ccc(OC)cc1. The first-order valence-corrected chi connectivity index (χ1v) is 7.22. The van der Waals surface area contributed by atoms with Crippen molar-refractivity contribution in [2.24, 2.45) is 0 Å². The lowest BCUT2D eigenvalue weighted by molar-refractivity contribution is -0.137. The Hall–Kier alpha value is -1.77. The highest BCUT2D eigenvalue weighted by Gasteiger charge is 2.02. The molecule has 0 atom stereocenters. The van der Waals surface area contributed by atoms with Gasteiger partial charge in [0, 0.05) is 6.42 Å². The molecule has 0 bridgehead atoms. The Kier molecular flexibility index (Phi) is 7.48. The van der Waals surface area contributed by atoms with Crippen molar-refractivity contribution < 1.29 is 14.6 Å². The largest absolute Gasteiger partial charge is 0.497 e. The summed E-state index contributed by atoms with van der Waals surface area (Å²) >= 11 is 0. The molecule has 0 saturated heterocycles. The molecule has 0 heterocycles. The smallest absolute Gasteiger partial charge is 0.303 e. The van der Waals surface area contributed by atoms with Crippen LogP contribution in [0.25, 0.3) is 5.57 Å². The van der Waals surface area contributed by atoms with Gasteiger partial charge in [0.15, 0.2) is 0 Å². The molecule has 0 aliphatic carbocycles. The van der Waals surface area contributed by atoms with E-state index in [2.05, 4.69) is 25.1 Å². The number of carboxylic acid groups (broad SMARTS) is 1. The average molecular weight is 276 g/mol. The van der Waals surface area contributed by atoms with Crippen LogP contribution in [-0.2, 0) is 4.79 Å². The van der Waals surface area contributed by atoms with Crippen molar-refractivity contribution in [3.63, 3.8) is 0 Å². The minimum absolute atomic E-state index is 0.263. The number of aliphatic carboxylic acids is 1. The molecule has 1 aromatic carbocycles. The molecule has 0 aromatic heterocycles. The van der Waals surface area contributed by atoms with E-state index in [0.29, 0.717) is 0 Å². The maximum absolute atomic E-state index is 10.5. The molecule has 0 unspecified atom stereocenters. The number of carbonyl (C=O) groups is 1. The zero-order chi connectivity index (χ0) is 14.8. The number of ether oxygens (including phenoxy) is 1. The first kappa shape index (κ1) is 16.3. The number of unbranched alkanes of at least 4 members (excludes halogenated alkanes) is 2. The molecule has 110 valence electrons. The second kappa shape index (κ2) is 9.18. The van der Waals surface area contributed by atoms with Gasteiger partial charge in [-0.15, -0.1) is 0 Å². The summed E-state index contributed by atoms with van der Waals surface area (Å²) in [4.78, 5) is 10.5. The first-order valence-electron chi connectivity index (χ1n) is 7.22. The second-order valence-electron chi connectivity index (χ2n) is 4.85. The normalized spacial score (nSPS) is 11.4. The van der Waals surface area contributed by atoms with E-state index in [1.165, 1.54) is 11.1 Å². The van der Waals surface area contributed by atoms with Crippen LogP contribution in [0.1, 0.15) is 51.0 Å². The minimum atomic E-state index is -0.710. The predicted molar refractivity (Wildman–Crippen MR) is 82.0 cm³/mol. The van der Waals surface area contributed by atoms with Crippen LogP contribution in [0.3, 0.4) is 0 Å². The Morgan fingerprint density at radius 3 is 2.45 bits per heavy atom. The van der Waals surface area contributed by atoms with Crippen molar-refractivity contribution >= 4 is 11.5 Å². The third-order valence-electron chi connectivity index (χ3n) is 3.22. The molecule has 0 saturated carbocycles. The van der Waals surface area contributed by atoms with E-state index in [-0.39, 0.29) is 6.42 Å². The van der Waals surface area contributed by atoms with Crippen LogP contribution >= 0.6 is 0 Å². The van der Waals surface area contributed by atoms with Crippen molar-refractivity contribution in [3.8, 4) is 5.75 Å². The minimum Gasteiger partial charge on any atom is -0.497 e. The fourth-order valence-corrected chi connectivity index (χ4v) is 2.14. The zero-order valence-electron chi connectivity index (χ0n) is 12.4. The highest BCUT2D eigenvalue weighted by Crippen LogP contribution is 2.23. The van der Waals surface area contributed by atoms with Crippen molar-refractivity contribution in [1.82, 2.24) is 0 Å². The highest BCUT2D eigenvalue weighted by molar-refractivity contribution is 5.67. The number of carboxylic acids is 1. The van der Waals surface area contributed by atoms with Crippen LogP contribution < -0.4 is 4.74 Å². The summed E-state index contributed by atoms with van der Waals surface area (Å²) in [5, 5.41) is 8.61. The van der Waals surface area contributed by atoms with E-state index >= 15 is 0 Å². The number of methoxy groups -OCH3 is 1. The van der Waals surface area contributed by atoms with Gasteiger partial charge in [-0.1, -0.05) is 31.6 Å². The van der Waals surface area contributed by atoms with Gasteiger partial charge in [0.05, 0.1) is 7.11 Å². The Labute approximate surface area is 121 Å². The quantitative estimate of drug-likeness (QED) is 0.674. The molecule has 20 heavy (non-hydrogen) atoms. The van der Waals surface area contributed by atoms with Gasteiger partial charge >= 0.3 is 5.97 Å². The lowest BCUT2D eigenvalue weighted by Gasteiger charge is -2.08. The van der Waals surface area contributed by atoms with Crippen LogP contribution in [-0.4, -0.2) is 18.2 Å². The van der Waals surface area contributed by atoms with Crippen LogP contribution in [0.15, 0.2) is 30.3 Å². The van der Waals surface area contributed by atoms with Gasteiger partial charge in [0.2, 0.25) is 0 Å². The summed E-state index contributed by atoms with van der Waals surface area (Å²) in [5.41, 5.74) is 2.57. The molecular weight excluding hydrogens is 252 g/mol. The number of hydrogen-bond donors (Lipinski definition) is 1. The summed E-state index contributed by atoms with van der Waals surface area (Å²) in [6.45, 7) is 2.17. The van der Waals surface area contributed by atoms with Gasteiger partial charge < -0.3 is 9.84 Å². The van der Waals surface area contributed by atoms with Crippen LogP contribution in [0, 0.1) is 0 Å². The molecule has 3 nitrogen and oxygen atoms in total. The van der Waals surface area contributed by atoms with Gasteiger partial charge in [0.25, 0.3) is 0 Å². The average Bonchev–Trinajstić information content (AvgIpc) is 2.45. The van der Waals surface area contributed by atoms with Crippen LogP contribution in [0.2, 0.25) is 0 Å². The second-order valence-corrected chi connectivity index (χ2v) is 4.85. The van der Waals surface area contributed by atoms with Crippen molar-refractivity contribution in [1.29, 1.82) is 0 Å². The number of rotatable bonds is 9. The maximum atomic E-state index is 10.5. The topological polar surface area (TPSA) is 46.5 Å². The van der Waals surface area contributed by atoms with Crippen molar-refractivity contribution in [2.45, 2.75) is 45.4 Å². The summed E-state index contributed by atoms with van der Waals surface area (Å²) in [6.07, 6.45) is 7.27. The summed E-state index contributed by atoms with van der Waals surface area (Å²) < 4.78 is 5.17. The van der Waals surface area contributed by atoms with Crippen LogP contribution in [0.5, 0.6) is 5.75 Å². The molecule has 1 rings (SSSR count). The van der Waals surface area contributed by atoms with Crippen molar-refractivity contribution in [2.75, 3.05) is 7.11 Å². The molecule has 0 fully saturated rings.